The van der Waals surface area contributed by atoms with Crippen LogP contribution in [0.3, 0.4) is 0 Å². The molecule has 28 heavy (non-hydrogen) atoms. The average Bonchev–Trinajstić information content (AvgIpc) is 3.03. The molecule has 148 valence electrons. The first-order valence-electron chi connectivity index (χ1n) is 9.14. The highest BCUT2D eigenvalue weighted by molar-refractivity contribution is 7.89. The fourth-order valence-corrected chi connectivity index (χ4v) is 4.96. The monoisotopic (exact) mass is 400 g/mol. The lowest BCUT2D eigenvalue weighted by molar-refractivity contribution is -0.128. The van der Waals surface area contributed by atoms with E-state index in [0.29, 0.717) is 5.69 Å². The summed E-state index contributed by atoms with van der Waals surface area (Å²) in [6.45, 7) is 7.46. The zero-order valence-corrected chi connectivity index (χ0v) is 17.3. The second-order valence-corrected chi connectivity index (χ2v) is 9.12. The van der Waals surface area contributed by atoms with Gasteiger partial charge in [-0.3, -0.25) is 9.59 Å². The molecule has 3 rings (SSSR count). The Balaban J connectivity index is 1.93. The van der Waals surface area contributed by atoms with Gasteiger partial charge in [0, 0.05) is 12.1 Å². The molecule has 2 amide bonds. The minimum absolute atomic E-state index is 0.0228. The summed E-state index contributed by atoms with van der Waals surface area (Å²) < 4.78 is 27.0. The number of aryl methyl sites for hydroxylation is 4. The molecule has 0 unspecified atom stereocenters. The third kappa shape index (κ3) is 3.67. The molecule has 1 saturated heterocycles. The topological polar surface area (TPSA) is 83.6 Å². The average molecular weight is 401 g/mol. The predicted molar refractivity (Wildman–Crippen MR) is 108 cm³/mol. The van der Waals surface area contributed by atoms with Gasteiger partial charge in [0.2, 0.25) is 11.8 Å². The first kappa shape index (κ1) is 20.1. The number of carbonyl (C=O) groups excluding carboxylic acids is 2. The van der Waals surface area contributed by atoms with Crippen molar-refractivity contribution in [2.24, 2.45) is 0 Å². The van der Waals surface area contributed by atoms with Crippen LogP contribution in [-0.2, 0) is 19.6 Å². The fourth-order valence-electron chi connectivity index (χ4n) is 3.28. The van der Waals surface area contributed by atoms with Gasteiger partial charge < -0.3 is 5.32 Å². The van der Waals surface area contributed by atoms with E-state index >= 15 is 0 Å². The molecule has 0 radical (unpaired) electrons. The van der Waals surface area contributed by atoms with E-state index in [0.717, 1.165) is 26.6 Å². The van der Waals surface area contributed by atoms with E-state index in [4.69, 9.17) is 0 Å². The van der Waals surface area contributed by atoms with Crippen molar-refractivity contribution in [1.29, 1.82) is 0 Å². The van der Waals surface area contributed by atoms with E-state index in [9.17, 15) is 18.0 Å². The maximum absolute atomic E-state index is 13.1. The summed E-state index contributed by atoms with van der Waals surface area (Å²) in [6.07, 6.45) is 0.189. The number of hydrogen-bond acceptors (Lipinski definition) is 4. The minimum atomic E-state index is -4.11. The number of sulfonamides is 1. The normalized spacial score (nSPS) is 17.1. The predicted octanol–water partition coefficient (Wildman–Crippen LogP) is 3.24. The Bertz CT molecular complexity index is 1060. The van der Waals surface area contributed by atoms with Gasteiger partial charge in [-0.2, -0.15) is 0 Å². The Kier molecular flexibility index (Phi) is 5.30. The number of nitrogens with zero attached hydrogens (tertiary/aromatic N) is 1. The summed E-state index contributed by atoms with van der Waals surface area (Å²) >= 11 is 0. The lowest BCUT2D eigenvalue weighted by Crippen LogP contribution is -2.45. The third-order valence-corrected chi connectivity index (χ3v) is 6.97. The number of anilines is 1. The summed E-state index contributed by atoms with van der Waals surface area (Å²) in [7, 11) is -4.11. The molecular weight excluding hydrogens is 376 g/mol. The first-order chi connectivity index (χ1) is 13.1. The lowest BCUT2D eigenvalue weighted by Gasteiger charge is -2.24. The Labute approximate surface area is 165 Å². The van der Waals surface area contributed by atoms with Crippen LogP contribution >= 0.6 is 0 Å². The van der Waals surface area contributed by atoms with E-state index in [1.807, 2.05) is 45.9 Å². The standard InChI is InChI=1S/C21H24N2O4S/c1-13-5-6-15(3)18(11-13)22-21(25)19-9-10-20(24)23(19)28(26,27)17-8-7-14(2)16(4)12-17/h5-8,11-12,19H,9-10H2,1-4H3,(H,22,25)/t19-/m0/s1. The van der Waals surface area contributed by atoms with Gasteiger partial charge in [0.15, 0.2) is 0 Å². The van der Waals surface area contributed by atoms with Gasteiger partial charge in [-0.1, -0.05) is 18.2 Å². The first-order valence-corrected chi connectivity index (χ1v) is 10.6. The van der Waals surface area contributed by atoms with Crippen LogP contribution in [0, 0.1) is 27.7 Å². The Hall–Kier alpha value is -2.67. The molecule has 1 heterocycles. The van der Waals surface area contributed by atoms with Gasteiger partial charge >= 0.3 is 0 Å². The van der Waals surface area contributed by atoms with Crippen LogP contribution in [0.25, 0.3) is 0 Å². The van der Waals surface area contributed by atoms with Crippen LogP contribution in [0.15, 0.2) is 41.3 Å². The van der Waals surface area contributed by atoms with Crippen LogP contribution in [0.2, 0.25) is 0 Å². The molecular formula is C21H24N2O4S. The molecule has 2 aromatic rings. The van der Waals surface area contributed by atoms with Crippen molar-refractivity contribution in [3.63, 3.8) is 0 Å². The van der Waals surface area contributed by atoms with Crippen molar-refractivity contribution < 1.29 is 18.0 Å². The van der Waals surface area contributed by atoms with Crippen molar-refractivity contribution in [2.45, 2.75) is 51.5 Å². The Morgan fingerprint density at radius 3 is 2.36 bits per heavy atom. The molecule has 0 aliphatic carbocycles. The maximum Gasteiger partial charge on any atom is 0.267 e. The highest BCUT2D eigenvalue weighted by Gasteiger charge is 2.44. The summed E-state index contributed by atoms with van der Waals surface area (Å²) in [5.74, 6) is -1.05. The van der Waals surface area contributed by atoms with E-state index in [1.165, 1.54) is 12.1 Å². The number of benzene rings is 2. The van der Waals surface area contributed by atoms with Crippen LogP contribution in [0.5, 0.6) is 0 Å². The third-order valence-electron chi connectivity index (χ3n) is 5.15. The van der Waals surface area contributed by atoms with Crippen LogP contribution in [0.4, 0.5) is 5.69 Å². The number of hydrogen-bond donors (Lipinski definition) is 1. The quantitative estimate of drug-likeness (QED) is 0.854. The van der Waals surface area contributed by atoms with Crippen LogP contribution in [0.1, 0.15) is 35.1 Å². The zero-order valence-electron chi connectivity index (χ0n) is 16.4. The maximum atomic E-state index is 13.1. The van der Waals surface area contributed by atoms with Gasteiger partial charge in [-0.05, 0) is 74.6 Å². The second-order valence-electron chi connectivity index (χ2n) is 7.30. The SMILES string of the molecule is Cc1ccc(C)c(NC(=O)[C@@H]2CCC(=O)N2S(=O)(=O)c2ccc(C)c(C)c2)c1. The number of rotatable bonds is 4. The van der Waals surface area contributed by atoms with Crippen molar-refractivity contribution >= 4 is 27.5 Å². The Morgan fingerprint density at radius 1 is 1.00 bits per heavy atom. The molecule has 2 aromatic carbocycles. The lowest BCUT2D eigenvalue weighted by atomic mass is 10.1. The van der Waals surface area contributed by atoms with Gasteiger partial charge in [-0.15, -0.1) is 0 Å². The molecule has 0 aromatic heterocycles. The van der Waals surface area contributed by atoms with Crippen LogP contribution < -0.4 is 5.32 Å². The smallest absolute Gasteiger partial charge is 0.267 e. The molecule has 1 fully saturated rings. The second kappa shape index (κ2) is 7.39. The largest absolute Gasteiger partial charge is 0.324 e. The minimum Gasteiger partial charge on any atom is -0.324 e. The summed E-state index contributed by atoms with van der Waals surface area (Å²) in [6, 6.07) is 9.30. The van der Waals surface area contributed by atoms with Gasteiger partial charge in [0.05, 0.1) is 4.90 Å². The highest BCUT2D eigenvalue weighted by atomic mass is 32.2. The van der Waals surface area contributed by atoms with Crippen molar-refractivity contribution in [3.05, 3.63) is 58.7 Å². The number of amides is 2. The molecule has 1 aliphatic rings. The van der Waals surface area contributed by atoms with E-state index in [-0.39, 0.29) is 17.7 Å². The van der Waals surface area contributed by atoms with E-state index in [1.54, 1.807) is 6.07 Å². The van der Waals surface area contributed by atoms with Crippen molar-refractivity contribution in [1.82, 2.24) is 4.31 Å². The Morgan fingerprint density at radius 2 is 1.68 bits per heavy atom. The molecule has 7 heteroatoms. The fraction of sp³-hybridized carbons (Fsp3) is 0.333. The summed E-state index contributed by atoms with van der Waals surface area (Å²) in [5.41, 5.74) is 4.22. The molecule has 1 aliphatic heterocycles. The summed E-state index contributed by atoms with van der Waals surface area (Å²) in [5, 5.41) is 2.79. The van der Waals surface area contributed by atoms with Gasteiger partial charge in [0.25, 0.3) is 10.0 Å². The van der Waals surface area contributed by atoms with E-state index in [2.05, 4.69) is 5.32 Å². The summed E-state index contributed by atoms with van der Waals surface area (Å²) in [4.78, 5) is 25.3. The van der Waals surface area contributed by atoms with Crippen LogP contribution in [-0.4, -0.2) is 30.6 Å². The molecule has 0 saturated carbocycles. The molecule has 1 atom stereocenters. The molecule has 1 N–H and O–H groups in total. The molecule has 0 spiro atoms. The number of nitrogens with one attached hydrogen (secondary N) is 1. The van der Waals surface area contributed by atoms with E-state index < -0.39 is 27.9 Å². The van der Waals surface area contributed by atoms with Gasteiger partial charge in [0.1, 0.15) is 6.04 Å². The number of carbonyl (C=O) groups is 2. The zero-order chi connectivity index (χ0) is 20.6. The van der Waals surface area contributed by atoms with Crippen molar-refractivity contribution in [2.75, 3.05) is 5.32 Å². The highest BCUT2D eigenvalue weighted by Crippen LogP contribution is 2.29. The van der Waals surface area contributed by atoms with Gasteiger partial charge in [-0.25, -0.2) is 12.7 Å². The molecule has 0 bridgehead atoms. The molecule has 6 nitrogen and oxygen atoms in total. The van der Waals surface area contributed by atoms with Crippen molar-refractivity contribution in [3.8, 4) is 0 Å².